The van der Waals surface area contributed by atoms with Crippen molar-refractivity contribution < 1.29 is 30.1 Å². The van der Waals surface area contributed by atoms with Crippen molar-refractivity contribution in [3.63, 3.8) is 0 Å². The van der Waals surface area contributed by atoms with Gasteiger partial charge < -0.3 is 21.3 Å². The fourth-order valence-electron chi connectivity index (χ4n) is 1.19. The van der Waals surface area contributed by atoms with Crippen molar-refractivity contribution in [1.82, 2.24) is 5.32 Å². The zero-order valence-corrected chi connectivity index (χ0v) is 9.69. The van der Waals surface area contributed by atoms with Gasteiger partial charge in [-0.15, -0.1) is 0 Å². The van der Waals surface area contributed by atoms with Crippen LogP contribution in [0.1, 0.15) is 28.7 Å². The zero-order valence-electron chi connectivity index (χ0n) is 13.7. The summed E-state index contributed by atoms with van der Waals surface area (Å²) in [6.07, 6.45) is -0.901. The second kappa shape index (κ2) is 6.39. The lowest BCUT2D eigenvalue weighted by molar-refractivity contribution is -0.140. The van der Waals surface area contributed by atoms with Crippen molar-refractivity contribution in [3.8, 4) is 0 Å². The number of benzene rings is 1. The third kappa shape index (κ3) is 4.66. The maximum atomic E-state index is 12.1. The number of aliphatic carboxylic acids is 2. The van der Waals surface area contributed by atoms with Crippen molar-refractivity contribution in [2.24, 2.45) is 0 Å². The van der Waals surface area contributed by atoms with Gasteiger partial charge in [0.15, 0.2) is 0 Å². The lowest BCUT2D eigenvalue weighted by Crippen LogP contribution is -2.41. The molecule has 1 aromatic rings. The molecule has 0 aromatic heterocycles. The first-order valence-corrected chi connectivity index (χ1v) is 5.19. The molecule has 1 amide bonds. The molecule has 0 spiro atoms. The van der Waals surface area contributed by atoms with Crippen LogP contribution in [0, 0.1) is 0 Å². The van der Waals surface area contributed by atoms with Gasteiger partial charge in [-0.2, -0.15) is 0 Å². The summed E-state index contributed by atoms with van der Waals surface area (Å²) in [5.74, 6) is -3.88. The van der Waals surface area contributed by atoms with Gasteiger partial charge in [0.2, 0.25) is 0 Å². The Balaban J connectivity index is 3.14. The monoisotopic (exact) mass is 270 g/mol. The minimum Gasteiger partial charge on any atom is -0.481 e. The standard InChI is InChI=1S/C12H14N2O5/c13-8-3-1-7(2-4-8)11(17)14-9(12(18)19)5-6-10(15)16/h1-4,9H,5-6,13H2,(H,14,17)(H,15,16)(H,18,19)/t9-/m0/s1/i1D,2D,3D,4D. The molecule has 0 radical (unpaired) electrons. The molecule has 1 rings (SSSR count). The van der Waals surface area contributed by atoms with Crippen LogP contribution >= 0.6 is 0 Å². The number of nitrogens with two attached hydrogens (primary N) is 1. The highest BCUT2D eigenvalue weighted by Crippen LogP contribution is 2.06. The van der Waals surface area contributed by atoms with Gasteiger partial charge in [-0.3, -0.25) is 9.59 Å². The van der Waals surface area contributed by atoms with Gasteiger partial charge in [0.25, 0.3) is 5.91 Å². The van der Waals surface area contributed by atoms with E-state index in [1.165, 1.54) is 0 Å². The van der Waals surface area contributed by atoms with Crippen LogP contribution in [-0.2, 0) is 9.59 Å². The number of anilines is 1. The topological polar surface area (TPSA) is 130 Å². The van der Waals surface area contributed by atoms with E-state index in [-0.39, 0.29) is 0 Å². The van der Waals surface area contributed by atoms with E-state index in [1.54, 1.807) is 0 Å². The highest BCUT2D eigenvalue weighted by Gasteiger charge is 2.21. The van der Waals surface area contributed by atoms with Crippen LogP contribution in [0.3, 0.4) is 0 Å². The Labute approximate surface area is 114 Å². The van der Waals surface area contributed by atoms with Crippen molar-refractivity contribution >= 4 is 23.5 Å². The van der Waals surface area contributed by atoms with E-state index in [9.17, 15) is 14.4 Å². The predicted octanol–water partition coefficient (Wildman–Crippen LogP) is 0.317. The van der Waals surface area contributed by atoms with Crippen LogP contribution in [0.15, 0.2) is 24.2 Å². The molecule has 19 heavy (non-hydrogen) atoms. The van der Waals surface area contributed by atoms with E-state index >= 15 is 0 Å². The summed E-state index contributed by atoms with van der Waals surface area (Å²) < 4.78 is 30.4. The van der Waals surface area contributed by atoms with Crippen LogP contribution < -0.4 is 11.1 Å². The Hall–Kier alpha value is -2.57. The molecule has 1 atom stereocenters. The Morgan fingerprint density at radius 2 is 1.84 bits per heavy atom. The second-order valence-electron chi connectivity index (χ2n) is 3.59. The fraction of sp³-hybridized carbons (Fsp3) is 0.250. The normalized spacial score (nSPS) is 14.5. The van der Waals surface area contributed by atoms with Gasteiger partial charge in [0, 0.05) is 17.7 Å². The van der Waals surface area contributed by atoms with Crippen LogP contribution in [0.2, 0.25) is 0 Å². The summed E-state index contributed by atoms with van der Waals surface area (Å²) in [6.45, 7) is 0. The maximum absolute atomic E-state index is 12.1. The van der Waals surface area contributed by atoms with Gasteiger partial charge in [-0.05, 0) is 30.6 Å². The Morgan fingerprint density at radius 3 is 2.32 bits per heavy atom. The predicted molar refractivity (Wildman–Crippen MR) is 66.6 cm³/mol. The highest BCUT2D eigenvalue weighted by molar-refractivity contribution is 5.96. The molecule has 0 unspecified atom stereocenters. The Morgan fingerprint density at radius 1 is 1.26 bits per heavy atom. The molecule has 0 saturated heterocycles. The van der Waals surface area contributed by atoms with Crippen molar-refractivity contribution in [2.75, 3.05) is 5.73 Å². The first-order chi connectivity index (χ1) is 10.6. The lowest BCUT2D eigenvalue weighted by Gasteiger charge is -2.13. The van der Waals surface area contributed by atoms with Crippen molar-refractivity contribution in [1.29, 1.82) is 0 Å². The van der Waals surface area contributed by atoms with Crippen molar-refractivity contribution in [3.05, 3.63) is 29.7 Å². The van der Waals surface area contributed by atoms with E-state index < -0.39 is 72.1 Å². The average molecular weight is 270 g/mol. The number of carboxylic acid groups (broad SMARTS) is 2. The van der Waals surface area contributed by atoms with Crippen LogP contribution in [0.4, 0.5) is 5.69 Å². The molecule has 0 fully saturated rings. The fourth-order valence-corrected chi connectivity index (χ4v) is 1.19. The largest absolute Gasteiger partial charge is 0.481 e. The number of carbonyl (C=O) groups is 3. The minimum atomic E-state index is -1.54. The molecule has 0 bridgehead atoms. The molecule has 7 heteroatoms. The molecule has 0 aliphatic carbocycles. The highest BCUT2D eigenvalue weighted by atomic mass is 16.4. The number of carbonyl (C=O) groups excluding carboxylic acids is 1. The molecule has 1 aromatic carbocycles. The Bertz CT molecular complexity index is 651. The molecule has 0 heterocycles. The van der Waals surface area contributed by atoms with Crippen LogP contribution in [0.25, 0.3) is 0 Å². The number of nitrogens with one attached hydrogen (secondary N) is 1. The smallest absolute Gasteiger partial charge is 0.326 e. The zero-order chi connectivity index (χ0) is 17.9. The molecule has 102 valence electrons. The molecule has 0 saturated carbocycles. The maximum Gasteiger partial charge on any atom is 0.326 e. The van der Waals surface area contributed by atoms with Gasteiger partial charge in [0.05, 0.1) is 5.48 Å². The number of hydrogen-bond acceptors (Lipinski definition) is 4. The Kier molecular flexibility index (Phi) is 3.15. The summed E-state index contributed by atoms with van der Waals surface area (Å²) in [7, 11) is 0. The van der Waals surface area contributed by atoms with Gasteiger partial charge >= 0.3 is 11.9 Å². The van der Waals surface area contributed by atoms with E-state index in [4.69, 9.17) is 21.4 Å². The summed E-state index contributed by atoms with van der Waals surface area (Å²) >= 11 is 0. The molecule has 5 N–H and O–H groups in total. The van der Waals surface area contributed by atoms with Crippen LogP contribution in [0.5, 0.6) is 0 Å². The van der Waals surface area contributed by atoms with Crippen molar-refractivity contribution in [2.45, 2.75) is 18.9 Å². The van der Waals surface area contributed by atoms with Gasteiger partial charge in [0.1, 0.15) is 6.04 Å². The van der Waals surface area contributed by atoms with E-state index in [2.05, 4.69) is 0 Å². The third-order valence-electron chi connectivity index (χ3n) is 2.12. The molecule has 0 aliphatic heterocycles. The summed E-state index contributed by atoms with van der Waals surface area (Å²) in [4.78, 5) is 33.6. The summed E-state index contributed by atoms with van der Waals surface area (Å²) in [5, 5.41) is 19.5. The second-order valence-corrected chi connectivity index (χ2v) is 3.59. The summed E-state index contributed by atoms with van der Waals surface area (Å²) in [5.41, 5.74) is 4.29. The first-order valence-electron chi connectivity index (χ1n) is 7.19. The van der Waals surface area contributed by atoms with E-state index in [0.717, 1.165) is 0 Å². The number of nitrogen functional groups attached to an aromatic ring is 1. The van der Waals surface area contributed by atoms with E-state index in [0.29, 0.717) is 0 Å². The quantitative estimate of drug-likeness (QED) is 0.551. The van der Waals surface area contributed by atoms with E-state index in [1.807, 2.05) is 5.32 Å². The van der Waals surface area contributed by atoms with Gasteiger partial charge in [-0.25, -0.2) is 4.79 Å². The molecule has 7 nitrogen and oxygen atoms in total. The molecule has 0 aliphatic rings. The SMILES string of the molecule is [2H]c1c([2H])c(C(=O)N[C@@H](CCC(=O)O)C(=O)O)c([2H])c([2H])c1N. The number of amides is 1. The minimum absolute atomic E-state index is 0.395. The number of carboxylic acids is 2. The number of rotatable bonds is 6. The molecular formula is C12H14N2O5. The third-order valence-corrected chi connectivity index (χ3v) is 2.12. The first kappa shape index (κ1) is 9.37. The van der Waals surface area contributed by atoms with Gasteiger partial charge in [-0.1, -0.05) is 0 Å². The average Bonchev–Trinajstić information content (AvgIpc) is 2.47. The lowest BCUT2D eigenvalue weighted by atomic mass is 10.1. The molecular weight excluding hydrogens is 252 g/mol. The van der Waals surface area contributed by atoms with Crippen LogP contribution in [-0.4, -0.2) is 34.1 Å². The number of hydrogen-bond donors (Lipinski definition) is 4. The summed E-state index contributed by atoms with van der Waals surface area (Å²) in [6, 6.07) is -4.19.